The Hall–Kier alpha value is -1.82. The number of thioether (sulfide) groups is 1. The summed E-state index contributed by atoms with van der Waals surface area (Å²) in [5, 5.41) is 3.39. The zero-order valence-corrected chi connectivity index (χ0v) is 17.2. The monoisotopic (exact) mass is 365 g/mol. The highest BCUT2D eigenvalue weighted by Gasteiger charge is 2.15. The number of nitrogens with one attached hydrogen (secondary N) is 1. The molecule has 0 heterocycles. The van der Waals surface area contributed by atoms with Crippen molar-refractivity contribution < 1.29 is 9.59 Å². The maximum atomic E-state index is 10.5. The van der Waals surface area contributed by atoms with Gasteiger partial charge >= 0.3 is 0 Å². The van der Waals surface area contributed by atoms with Crippen LogP contribution in [0.4, 0.5) is 5.69 Å². The number of hydrogen-bond acceptors (Lipinski definition) is 4. The Morgan fingerprint density at radius 1 is 1.28 bits per heavy atom. The molecule has 1 aromatic rings. The molecule has 1 amide bonds. The molecule has 6 heteroatoms. The van der Waals surface area contributed by atoms with Gasteiger partial charge < -0.3 is 15.0 Å². The number of benzene rings is 1. The first-order valence-electron chi connectivity index (χ1n) is 8.35. The van der Waals surface area contributed by atoms with Crippen LogP contribution in [-0.2, 0) is 9.59 Å². The molecule has 1 rings (SSSR count). The minimum atomic E-state index is 0.280. The predicted octanol–water partition coefficient (Wildman–Crippen LogP) is 3.61. The Labute approximate surface area is 156 Å². The van der Waals surface area contributed by atoms with E-state index in [1.54, 1.807) is 7.05 Å². The van der Waals surface area contributed by atoms with Gasteiger partial charge in [-0.25, -0.2) is 0 Å². The van der Waals surface area contributed by atoms with E-state index >= 15 is 0 Å². The molecule has 0 aliphatic rings. The van der Waals surface area contributed by atoms with Crippen LogP contribution in [0.5, 0.6) is 0 Å². The highest BCUT2D eigenvalue weighted by molar-refractivity contribution is 8.14. The van der Waals surface area contributed by atoms with E-state index < -0.39 is 0 Å². The SMILES string of the molecule is CC(C)NC=O.CN=C(SCC=O)N(C)c1cc(C)ccc1C(C)C. The van der Waals surface area contributed by atoms with Crippen LogP contribution in [0, 0.1) is 6.92 Å². The minimum absolute atomic E-state index is 0.280. The zero-order valence-electron chi connectivity index (χ0n) is 16.4. The highest BCUT2D eigenvalue weighted by atomic mass is 32.2. The van der Waals surface area contributed by atoms with E-state index in [4.69, 9.17) is 0 Å². The van der Waals surface area contributed by atoms with E-state index in [1.165, 1.54) is 22.9 Å². The molecule has 0 fully saturated rings. The minimum Gasteiger partial charge on any atom is -0.357 e. The number of nitrogens with zero attached hydrogens (tertiary/aromatic N) is 2. The Morgan fingerprint density at radius 3 is 2.32 bits per heavy atom. The molecule has 1 N–H and O–H groups in total. The van der Waals surface area contributed by atoms with Gasteiger partial charge in [0, 0.05) is 25.8 Å². The predicted molar refractivity (Wildman–Crippen MR) is 110 cm³/mol. The third-order valence-corrected chi connectivity index (χ3v) is 4.35. The normalized spacial score (nSPS) is 11.0. The van der Waals surface area contributed by atoms with Gasteiger partial charge in [0.05, 0.1) is 5.75 Å². The van der Waals surface area contributed by atoms with Gasteiger partial charge in [-0.2, -0.15) is 0 Å². The molecule has 0 atom stereocenters. The second-order valence-electron chi connectivity index (χ2n) is 6.20. The number of hydrogen-bond donors (Lipinski definition) is 1. The van der Waals surface area contributed by atoms with Gasteiger partial charge in [-0.3, -0.25) is 9.79 Å². The van der Waals surface area contributed by atoms with Crippen LogP contribution in [-0.4, -0.2) is 43.8 Å². The molecule has 140 valence electrons. The molecule has 0 aromatic heterocycles. The van der Waals surface area contributed by atoms with Crippen molar-refractivity contribution in [1.29, 1.82) is 0 Å². The largest absolute Gasteiger partial charge is 0.357 e. The Morgan fingerprint density at radius 2 is 1.92 bits per heavy atom. The summed E-state index contributed by atoms with van der Waals surface area (Å²) in [4.78, 5) is 26.4. The number of aldehydes is 1. The molecule has 0 bridgehead atoms. The van der Waals surface area contributed by atoms with Crippen molar-refractivity contribution in [2.45, 2.75) is 46.6 Å². The van der Waals surface area contributed by atoms with Gasteiger partial charge in [-0.1, -0.05) is 37.7 Å². The maximum absolute atomic E-state index is 10.5. The molecule has 5 nitrogen and oxygen atoms in total. The summed E-state index contributed by atoms with van der Waals surface area (Å²) in [6.07, 6.45) is 1.61. The van der Waals surface area contributed by atoms with Gasteiger partial charge in [0.15, 0.2) is 5.17 Å². The Bertz CT molecular complexity index is 572. The van der Waals surface area contributed by atoms with Crippen molar-refractivity contribution in [3.63, 3.8) is 0 Å². The molecule has 1 aromatic carbocycles. The quantitative estimate of drug-likeness (QED) is 0.475. The molecular weight excluding hydrogens is 334 g/mol. The van der Waals surface area contributed by atoms with Gasteiger partial charge in [-0.15, -0.1) is 0 Å². The van der Waals surface area contributed by atoms with Gasteiger partial charge in [0.2, 0.25) is 6.41 Å². The van der Waals surface area contributed by atoms with E-state index in [0.717, 1.165) is 17.1 Å². The lowest BCUT2D eigenvalue weighted by molar-refractivity contribution is -0.110. The van der Waals surface area contributed by atoms with E-state index in [2.05, 4.69) is 54.2 Å². The molecular formula is C19H31N3O2S. The lowest BCUT2D eigenvalue weighted by atomic mass is 9.99. The summed E-state index contributed by atoms with van der Waals surface area (Å²) in [5.74, 6) is 0.882. The van der Waals surface area contributed by atoms with Crippen LogP contribution < -0.4 is 10.2 Å². The first kappa shape index (κ1) is 23.2. The van der Waals surface area contributed by atoms with Gasteiger partial charge in [0.1, 0.15) is 6.29 Å². The van der Waals surface area contributed by atoms with Crippen LogP contribution in [0.25, 0.3) is 0 Å². The number of amides is 1. The fourth-order valence-corrected chi connectivity index (χ4v) is 2.73. The Kier molecular flexibility index (Phi) is 11.6. The molecule has 0 aliphatic carbocycles. The molecule has 0 saturated carbocycles. The van der Waals surface area contributed by atoms with E-state index in [1.807, 2.05) is 20.9 Å². The van der Waals surface area contributed by atoms with E-state index in [9.17, 15) is 9.59 Å². The van der Waals surface area contributed by atoms with Gasteiger partial charge in [0.25, 0.3) is 0 Å². The topological polar surface area (TPSA) is 61.8 Å². The molecule has 0 aliphatic heterocycles. The first-order chi connectivity index (χ1) is 11.8. The third kappa shape index (κ3) is 8.72. The molecule has 25 heavy (non-hydrogen) atoms. The zero-order chi connectivity index (χ0) is 19.4. The molecule has 0 saturated heterocycles. The average molecular weight is 366 g/mol. The summed E-state index contributed by atoms with van der Waals surface area (Å²) in [6, 6.07) is 6.75. The fourth-order valence-electron chi connectivity index (χ4n) is 2.09. The molecule has 0 radical (unpaired) electrons. The third-order valence-electron chi connectivity index (χ3n) is 3.33. The highest BCUT2D eigenvalue weighted by Crippen LogP contribution is 2.29. The van der Waals surface area contributed by atoms with E-state index in [-0.39, 0.29) is 6.04 Å². The van der Waals surface area contributed by atoms with Crippen LogP contribution in [0.3, 0.4) is 0 Å². The first-order valence-corrected chi connectivity index (χ1v) is 9.34. The summed E-state index contributed by atoms with van der Waals surface area (Å²) in [6.45, 7) is 10.3. The van der Waals surface area contributed by atoms with Crippen LogP contribution >= 0.6 is 11.8 Å². The van der Waals surface area contributed by atoms with Crippen molar-refractivity contribution in [2.24, 2.45) is 4.99 Å². The van der Waals surface area contributed by atoms with Crippen molar-refractivity contribution in [2.75, 3.05) is 24.7 Å². The summed E-state index contributed by atoms with van der Waals surface area (Å²) >= 11 is 1.46. The lowest BCUT2D eigenvalue weighted by Gasteiger charge is -2.25. The second-order valence-corrected chi connectivity index (χ2v) is 7.19. The summed E-state index contributed by atoms with van der Waals surface area (Å²) in [5.41, 5.74) is 3.68. The smallest absolute Gasteiger partial charge is 0.207 e. The molecule has 0 unspecified atom stereocenters. The van der Waals surface area contributed by atoms with Crippen molar-refractivity contribution >= 4 is 35.3 Å². The number of amidine groups is 1. The maximum Gasteiger partial charge on any atom is 0.207 e. The van der Waals surface area contributed by atoms with Gasteiger partial charge in [-0.05, 0) is 43.9 Å². The number of carbonyl (C=O) groups is 2. The average Bonchev–Trinajstić information content (AvgIpc) is 2.55. The fraction of sp³-hybridized carbons (Fsp3) is 0.526. The van der Waals surface area contributed by atoms with Crippen LogP contribution in [0.15, 0.2) is 23.2 Å². The number of anilines is 1. The van der Waals surface area contributed by atoms with Crippen molar-refractivity contribution in [3.05, 3.63) is 29.3 Å². The number of aryl methyl sites for hydroxylation is 1. The van der Waals surface area contributed by atoms with Crippen molar-refractivity contribution in [3.8, 4) is 0 Å². The number of rotatable bonds is 6. The standard InChI is InChI=1S/C15H22N2OS.C4H9NO/c1-11(2)13-7-6-12(3)10-14(13)17(5)15(16-4)19-9-8-18;1-4(2)5-3-6/h6-8,10-11H,9H2,1-5H3;3-4H,1-2H3,(H,5,6). The van der Waals surface area contributed by atoms with E-state index in [0.29, 0.717) is 18.1 Å². The van der Waals surface area contributed by atoms with Crippen molar-refractivity contribution in [1.82, 2.24) is 5.32 Å². The summed E-state index contributed by atoms with van der Waals surface area (Å²) in [7, 11) is 3.76. The lowest BCUT2D eigenvalue weighted by Crippen LogP contribution is -2.25. The van der Waals surface area contributed by atoms with Crippen LogP contribution in [0.1, 0.15) is 44.7 Å². The second kappa shape index (κ2) is 12.5. The Balaban J connectivity index is 0.000000823. The van der Waals surface area contributed by atoms with Crippen LogP contribution in [0.2, 0.25) is 0 Å². The number of aliphatic imine (C=N–C) groups is 1. The summed E-state index contributed by atoms with van der Waals surface area (Å²) < 4.78 is 0. The molecule has 0 spiro atoms. The number of carbonyl (C=O) groups excluding carboxylic acids is 2.